The molecule has 0 radical (unpaired) electrons. The Labute approximate surface area is 94.8 Å². The summed E-state index contributed by atoms with van der Waals surface area (Å²) in [6.45, 7) is 5.80. The van der Waals surface area contributed by atoms with Gasteiger partial charge in [0.25, 0.3) is 0 Å². The third-order valence-corrected chi connectivity index (χ3v) is 3.07. The first-order valence-corrected chi connectivity index (χ1v) is 5.99. The Balaban J connectivity index is 2.42. The quantitative estimate of drug-likeness (QED) is 0.602. The summed E-state index contributed by atoms with van der Waals surface area (Å²) in [6.07, 6.45) is 3.00. The second-order valence-corrected chi connectivity index (χ2v) is 4.23. The van der Waals surface area contributed by atoms with Crippen molar-refractivity contribution in [2.24, 2.45) is 4.99 Å². The molecule has 0 atom stereocenters. The predicted octanol–water partition coefficient (Wildman–Crippen LogP) is 1.39. The van der Waals surface area contributed by atoms with Crippen molar-refractivity contribution in [1.82, 2.24) is 15.6 Å². The lowest BCUT2D eigenvalue weighted by molar-refractivity contribution is 0.824. The van der Waals surface area contributed by atoms with Crippen LogP contribution in [0.25, 0.3) is 0 Å². The van der Waals surface area contributed by atoms with Gasteiger partial charge in [-0.3, -0.25) is 4.99 Å². The average molecular weight is 226 g/mol. The lowest BCUT2D eigenvalue weighted by Crippen LogP contribution is -2.36. The molecule has 5 heteroatoms. The summed E-state index contributed by atoms with van der Waals surface area (Å²) < 4.78 is 0. The van der Waals surface area contributed by atoms with Gasteiger partial charge < -0.3 is 10.6 Å². The molecule has 0 saturated carbocycles. The summed E-state index contributed by atoms with van der Waals surface area (Å²) in [5.41, 5.74) is 0. The molecule has 0 unspecified atom stereocenters. The van der Waals surface area contributed by atoms with Crippen LogP contribution in [-0.2, 0) is 13.0 Å². The van der Waals surface area contributed by atoms with Gasteiger partial charge in [0.15, 0.2) is 5.96 Å². The number of thiazole rings is 1. The first-order chi connectivity index (χ1) is 7.30. The number of aliphatic imine (C=N–C) groups is 1. The minimum atomic E-state index is 0.740. The Morgan fingerprint density at radius 1 is 1.47 bits per heavy atom. The highest BCUT2D eigenvalue weighted by Crippen LogP contribution is 2.12. The Morgan fingerprint density at radius 2 is 2.27 bits per heavy atom. The molecule has 0 amide bonds. The zero-order valence-corrected chi connectivity index (χ0v) is 10.3. The lowest BCUT2D eigenvalue weighted by atomic mass is 10.4. The molecule has 1 aromatic heterocycles. The van der Waals surface area contributed by atoms with Crippen LogP contribution >= 0.6 is 11.3 Å². The molecular weight excluding hydrogens is 208 g/mol. The van der Waals surface area contributed by atoms with Crippen molar-refractivity contribution < 1.29 is 0 Å². The number of nitrogens with one attached hydrogen (secondary N) is 2. The van der Waals surface area contributed by atoms with Gasteiger partial charge in [0.1, 0.15) is 5.01 Å². The molecule has 0 aromatic carbocycles. The summed E-state index contributed by atoms with van der Waals surface area (Å²) in [7, 11) is 1.77. The monoisotopic (exact) mass is 226 g/mol. The number of aryl methyl sites for hydroxylation is 1. The van der Waals surface area contributed by atoms with E-state index in [1.807, 2.05) is 13.1 Å². The van der Waals surface area contributed by atoms with Gasteiger partial charge in [-0.25, -0.2) is 4.98 Å². The maximum Gasteiger partial charge on any atom is 0.191 e. The van der Waals surface area contributed by atoms with Crippen LogP contribution in [-0.4, -0.2) is 24.5 Å². The fraction of sp³-hybridized carbons (Fsp3) is 0.600. The predicted molar refractivity (Wildman–Crippen MR) is 65.4 cm³/mol. The molecule has 0 fully saturated rings. The van der Waals surface area contributed by atoms with E-state index in [4.69, 9.17) is 0 Å². The van der Waals surface area contributed by atoms with Gasteiger partial charge >= 0.3 is 0 Å². The van der Waals surface area contributed by atoms with Crippen LogP contribution in [0.15, 0.2) is 11.2 Å². The molecule has 1 aromatic rings. The highest BCUT2D eigenvalue weighted by Gasteiger charge is 2.01. The normalized spacial score (nSPS) is 11.5. The third-order valence-electron chi connectivity index (χ3n) is 1.92. The molecule has 0 aliphatic rings. The first kappa shape index (κ1) is 12.0. The van der Waals surface area contributed by atoms with E-state index >= 15 is 0 Å². The SMILES string of the molecule is CCNC(=NC)NCc1ncc(CC)s1. The van der Waals surface area contributed by atoms with Crippen LogP contribution in [0, 0.1) is 0 Å². The average Bonchev–Trinajstić information content (AvgIpc) is 2.72. The van der Waals surface area contributed by atoms with Gasteiger partial charge in [-0.15, -0.1) is 11.3 Å². The van der Waals surface area contributed by atoms with Crippen LogP contribution in [0.5, 0.6) is 0 Å². The van der Waals surface area contributed by atoms with Gasteiger partial charge in [0.05, 0.1) is 6.54 Å². The Kier molecular flexibility index (Phi) is 5.10. The molecule has 0 aliphatic heterocycles. The van der Waals surface area contributed by atoms with Crippen LogP contribution in [0.3, 0.4) is 0 Å². The zero-order valence-electron chi connectivity index (χ0n) is 9.50. The molecule has 4 nitrogen and oxygen atoms in total. The molecule has 84 valence electrons. The van der Waals surface area contributed by atoms with Gasteiger partial charge in [0.2, 0.25) is 0 Å². The van der Waals surface area contributed by atoms with E-state index in [1.165, 1.54) is 4.88 Å². The highest BCUT2D eigenvalue weighted by molar-refractivity contribution is 7.11. The van der Waals surface area contributed by atoms with Crippen molar-refractivity contribution in [3.63, 3.8) is 0 Å². The van der Waals surface area contributed by atoms with Gasteiger partial charge in [-0.05, 0) is 13.3 Å². The number of hydrogen-bond donors (Lipinski definition) is 2. The zero-order chi connectivity index (χ0) is 11.1. The van der Waals surface area contributed by atoms with Crippen molar-refractivity contribution in [1.29, 1.82) is 0 Å². The fourth-order valence-corrected chi connectivity index (χ4v) is 1.94. The molecule has 0 spiro atoms. The minimum Gasteiger partial charge on any atom is -0.357 e. The summed E-state index contributed by atoms with van der Waals surface area (Å²) >= 11 is 1.75. The molecule has 0 aliphatic carbocycles. The molecule has 1 rings (SSSR count). The summed E-state index contributed by atoms with van der Waals surface area (Å²) in [5.74, 6) is 0.825. The van der Waals surface area contributed by atoms with E-state index in [1.54, 1.807) is 18.4 Å². The Hall–Kier alpha value is -1.10. The molecule has 15 heavy (non-hydrogen) atoms. The second kappa shape index (κ2) is 6.40. The van der Waals surface area contributed by atoms with Crippen LogP contribution in [0.4, 0.5) is 0 Å². The first-order valence-electron chi connectivity index (χ1n) is 5.18. The van der Waals surface area contributed by atoms with E-state index in [-0.39, 0.29) is 0 Å². The maximum absolute atomic E-state index is 4.33. The lowest BCUT2D eigenvalue weighted by Gasteiger charge is -2.08. The van der Waals surface area contributed by atoms with E-state index < -0.39 is 0 Å². The minimum absolute atomic E-state index is 0.740. The third kappa shape index (κ3) is 3.87. The molecule has 0 bridgehead atoms. The topological polar surface area (TPSA) is 49.3 Å². The van der Waals surface area contributed by atoms with E-state index in [0.29, 0.717) is 0 Å². The van der Waals surface area contributed by atoms with Crippen molar-refractivity contribution in [2.45, 2.75) is 26.8 Å². The van der Waals surface area contributed by atoms with Crippen molar-refractivity contribution in [3.8, 4) is 0 Å². The Morgan fingerprint density at radius 3 is 2.80 bits per heavy atom. The number of guanidine groups is 1. The van der Waals surface area contributed by atoms with Crippen molar-refractivity contribution in [2.75, 3.05) is 13.6 Å². The smallest absolute Gasteiger partial charge is 0.191 e. The summed E-state index contributed by atoms with van der Waals surface area (Å²) in [6, 6.07) is 0. The highest BCUT2D eigenvalue weighted by atomic mass is 32.1. The summed E-state index contributed by atoms with van der Waals surface area (Å²) in [4.78, 5) is 9.74. The van der Waals surface area contributed by atoms with Crippen LogP contribution in [0.1, 0.15) is 23.7 Å². The van der Waals surface area contributed by atoms with E-state index in [2.05, 4.69) is 27.5 Å². The van der Waals surface area contributed by atoms with Crippen LogP contribution in [0.2, 0.25) is 0 Å². The summed E-state index contributed by atoms with van der Waals surface area (Å²) in [5, 5.41) is 7.45. The maximum atomic E-state index is 4.33. The number of nitrogens with zero attached hydrogens (tertiary/aromatic N) is 2. The fourth-order valence-electron chi connectivity index (χ4n) is 1.14. The number of rotatable bonds is 4. The number of hydrogen-bond acceptors (Lipinski definition) is 3. The van der Waals surface area contributed by atoms with Gasteiger partial charge in [0, 0.05) is 24.7 Å². The molecular formula is C10H18N4S. The second-order valence-electron chi connectivity index (χ2n) is 3.03. The van der Waals surface area contributed by atoms with E-state index in [9.17, 15) is 0 Å². The number of aromatic nitrogens is 1. The van der Waals surface area contributed by atoms with Crippen molar-refractivity contribution in [3.05, 3.63) is 16.1 Å². The van der Waals surface area contributed by atoms with Gasteiger partial charge in [-0.1, -0.05) is 6.92 Å². The molecule has 0 saturated heterocycles. The molecule has 2 N–H and O–H groups in total. The Bertz CT molecular complexity index is 319. The standard InChI is InChI=1S/C10H18N4S/c1-4-8-6-13-9(15-8)7-14-10(11-3)12-5-2/h6H,4-5,7H2,1-3H3,(H2,11,12,14). The van der Waals surface area contributed by atoms with Crippen molar-refractivity contribution >= 4 is 17.3 Å². The largest absolute Gasteiger partial charge is 0.357 e. The molecule has 1 heterocycles. The van der Waals surface area contributed by atoms with Gasteiger partial charge in [-0.2, -0.15) is 0 Å². The van der Waals surface area contributed by atoms with Crippen LogP contribution < -0.4 is 10.6 Å². The van der Waals surface area contributed by atoms with E-state index in [0.717, 1.165) is 30.5 Å².